The molecule has 0 bridgehead atoms. The maximum atomic E-state index is 12.0. The quantitative estimate of drug-likeness (QED) is 0.724. The molecule has 18 heavy (non-hydrogen) atoms. The van der Waals surface area contributed by atoms with Gasteiger partial charge in [-0.2, -0.15) is 8.78 Å². The topological polar surface area (TPSA) is 25.2 Å². The molecule has 0 aromatic carbocycles. The largest absolute Gasteiger partial charge is 0.464 e. The normalized spacial score (nSPS) is 13.2. The molecule has 1 rings (SSSR count). The third kappa shape index (κ3) is 5.87. The molecule has 1 atom stereocenters. The molecule has 0 saturated heterocycles. The van der Waals surface area contributed by atoms with E-state index >= 15 is 0 Å². The average molecular weight is 277 g/mol. The third-order valence-corrected chi connectivity index (χ3v) is 3.47. The zero-order chi connectivity index (χ0) is 13.4. The summed E-state index contributed by atoms with van der Waals surface area (Å²) in [5.41, 5.74) is 0. The molecule has 1 heterocycles. The van der Waals surface area contributed by atoms with Gasteiger partial charge in [0.2, 0.25) is 0 Å². The van der Waals surface area contributed by atoms with Crippen LogP contribution in [0.1, 0.15) is 44.6 Å². The van der Waals surface area contributed by atoms with Crippen molar-refractivity contribution in [1.82, 2.24) is 5.32 Å². The highest BCUT2D eigenvalue weighted by atomic mass is 32.2. The summed E-state index contributed by atoms with van der Waals surface area (Å²) in [7, 11) is 0. The number of hydrogen-bond acceptors (Lipinski definition) is 3. The molecule has 0 amide bonds. The van der Waals surface area contributed by atoms with Crippen molar-refractivity contribution < 1.29 is 13.2 Å². The van der Waals surface area contributed by atoms with E-state index in [9.17, 15) is 8.78 Å². The van der Waals surface area contributed by atoms with Crippen LogP contribution in [0.3, 0.4) is 0 Å². The average Bonchev–Trinajstić information content (AvgIpc) is 2.80. The Kier molecular flexibility index (Phi) is 7.35. The lowest BCUT2D eigenvalue weighted by Crippen LogP contribution is -2.27. The monoisotopic (exact) mass is 277 g/mol. The van der Waals surface area contributed by atoms with Crippen molar-refractivity contribution in [3.63, 3.8) is 0 Å². The summed E-state index contributed by atoms with van der Waals surface area (Å²) in [5.74, 6) is -0.690. The number of alkyl halides is 2. The number of thioether (sulfide) groups is 1. The molecule has 1 unspecified atom stereocenters. The Balaban J connectivity index is 2.34. The summed E-state index contributed by atoms with van der Waals surface area (Å²) in [6.45, 7) is 4.98. The number of rotatable bonds is 9. The van der Waals surface area contributed by atoms with E-state index < -0.39 is 5.76 Å². The third-order valence-electron chi connectivity index (χ3n) is 2.76. The zero-order valence-corrected chi connectivity index (χ0v) is 11.7. The predicted molar refractivity (Wildman–Crippen MR) is 71.8 cm³/mol. The first kappa shape index (κ1) is 15.5. The lowest BCUT2D eigenvalue weighted by molar-refractivity contribution is 0.251. The Labute approximate surface area is 112 Å². The summed E-state index contributed by atoms with van der Waals surface area (Å²) in [4.78, 5) is 0. The maximum Gasteiger partial charge on any atom is 0.284 e. The molecule has 0 spiro atoms. The molecular weight excluding hydrogens is 256 g/mol. The van der Waals surface area contributed by atoms with Crippen molar-refractivity contribution in [3.05, 3.63) is 23.7 Å². The zero-order valence-electron chi connectivity index (χ0n) is 10.9. The molecule has 0 aliphatic heterocycles. The van der Waals surface area contributed by atoms with E-state index in [2.05, 4.69) is 19.2 Å². The Morgan fingerprint density at radius 3 is 2.61 bits per heavy atom. The molecule has 1 aromatic rings. The molecule has 2 nitrogen and oxygen atoms in total. The highest BCUT2D eigenvalue weighted by molar-refractivity contribution is 7.98. The summed E-state index contributed by atoms with van der Waals surface area (Å²) in [6.07, 6.45) is 3.38. The van der Waals surface area contributed by atoms with Crippen molar-refractivity contribution in [2.24, 2.45) is 0 Å². The van der Waals surface area contributed by atoms with Crippen molar-refractivity contribution in [2.45, 2.75) is 57.2 Å². The van der Waals surface area contributed by atoms with Gasteiger partial charge in [-0.3, -0.25) is 0 Å². The Hall–Kier alpha value is -0.550. The molecule has 0 saturated carbocycles. The highest BCUT2D eigenvalue weighted by Crippen LogP contribution is 2.21. The second kappa shape index (κ2) is 8.53. The lowest BCUT2D eigenvalue weighted by atomic mass is 10.1. The van der Waals surface area contributed by atoms with Gasteiger partial charge in [0.05, 0.1) is 12.3 Å². The fourth-order valence-corrected chi connectivity index (χ4v) is 2.23. The van der Waals surface area contributed by atoms with Crippen molar-refractivity contribution in [2.75, 3.05) is 0 Å². The summed E-state index contributed by atoms with van der Waals surface area (Å²) in [5, 5.41) is 3.42. The van der Waals surface area contributed by atoms with E-state index in [1.54, 1.807) is 6.07 Å². The van der Waals surface area contributed by atoms with Crippen LogP contribution in [0.5, 0.6) is 0 Å². The summed E-state index contributed by atoms with van der Waals surface area (Å²) < 4.78 is 29.5. The van der Waals surface area contributed by atoms with Crippen LogP contribution in [0.15, 0.2) is 16.5 Å². The van der Waals surface area contributed by atoms with Crippen LogP contribution in [-0.2, 0) is 12.3 Å². The van der Waals surface area contributed by atoms with Crippen LogP contribution >= 0.6 is 11.8 Å². The van der Waals surface area contributed by atoms with Gasteiger partial charge < -0.3 is 9.73 Å². The number of nitrogens with one attached hydrogen (secondary N) is 1. The second-order valence-electron chi connectivity index (χ2n) is 4.21. The Bertz CT molecular complexity index is 331. The van der Waals surface area contributed by atoms with E-state index in [0.29, 0.717) is 30.1 Å². The Morgan fingerprint density at radius 1 is 1.28 bits per heavy atom. The van der Waals surface area contributed by atoms with E-state index in [0.717, 1.165) is 25.0 Å². The summed E-state index contributed by atoms with van der Waals surface area (Å²) >= 11 is 0.587. The predicted octanol–water partition coefficient (Wildman–Crippen LogP) is 4.40. The maximum absolute atomic E-state index is 12.0. The van der Waals surface area contributed by atoms with Gasteiger partial charge in [-0.15, -0.1) is 0 Å². The van der Waals surface area contributed by atoms with Crippen LogP contribution in [0.4, 0.5) is 8.78 Å². The van der Waals surface area contributed by atoms with Gasteiger partial charge in [0.1, 0.15) is 11.5 Å². The standard InChI is InChI=1S/C13H21F2NOS/c1-3-5-10(4-2)16-8-11-6-7-12(17-11)9-18-13(14)15/h6-7,10,13,16H,3-5,8-9H2,1-2H3. The minimum Gasteiger partial charge on any atom is -0.464 e. The van der Waals surface area contributed by atoms with Gasteiger partial charge in [-0.1, -0.05) is 32.0 Å². The first-order chi connectivity index (χ1) is 8.65. The number of furan rings is 1. The fourth-order valence-electron chi connectivity index (χ4n) is 1.78. The number of halogens is 2. The van der Waals surface area contributed by atoms with Gasteiger partial charge in [0, 0.05) is 6.04 Å². The molecular formula is C13H21F2NOS. The van der Waals surface area contributed by atoms with Crippen LogP contribution in [0, 0.1) is 0 Å². The Morgan fingerprint density at radius 2 is 2.00 bits per heavy atom. The van der Waals surface area contributed by atoms with E-state index in [-0.39, 0.29) is 5.75 Å². The number of hydrogen-bond donors (Lipinski definition) is 1. The molecule has 104 valence electrons. The van der Waals surface area contributed by atoms with Crippen LogP contribution in [-0.4, -0.2) is 11.8 Å². The second-order valence-corrected chi connectivity index (χ2v) is 5.19. The highest BCUT2D eigenvalue weighted by Gasteiger charge is 2.09. The van der Waals surface area contributed by atoms with E-state index in [4.69, 9.17) is 4.42 Å². The van der Waals surface area contributed by atoms with Gasteiger partial charge in [-0.05, 0) is 25.0 Å². The van der Waals surface area contributed by atoms with Gasteiger partial charge in [-0.25, -0.2) is 0 Å². The van der Waals surface area contributed by atoms with Crippen LogP contribution < -0.4 is 5.32 Å². The lowest BCUT2D eigenvalue weighted by Gasteiger charge is -2.14. The minimum absolute atomic E-state index is 0.226. The SMILES string of the molecule is CCCC(CC)NCc1ccc(CSC(F)F)o1. The molecule has 1 N–H and O–H groups in total. The molecule has 5 heteroatoms. The van der Waals surface area contributed by atoms with Crippen molar-refractivity contribution >= 4 is 11.8 Å². The van der Waals surface area contributed by atoms with Crippen LogP contribution in [0.2, 0.25) is 0 Å². The minimum atomic E-state index is -2.34. The molecule has 0 aliphatic carbocycles. The molecule has 0 fully saturated rings. The molecule has 0 aliphatic rings. The van der Waals surface area contributed by atoms with Gasteiger partial charge >= 0.3 is 0 Å². The van der Waals surface area contributed by atoms with Crippen molar-refractivity contribution in [1.29, 1.82) is 0 Å². The molecule has 1 aromatic heterocycles. The van der Waals surface area contributed by atoms with Gasteiger partial charge in [0.25, 0.3) is 5.76 Å². The molecule has 0 radical (unpaired) electrons. The summed E-state index contributed by atoms with van der Waals surface area (Å²) in [6, 6.07) is 4.12. The first-order valence-electron chi connectivity index (χ1n) is 6.36. The fraction of sp³-hybridized carbons (Fsp3) is 0.692. The smallest absolute Gasteiger partial charge is 0.284 e. The van der Waals surface area contributed by atoms with Crippen LogP contribution in [0.25, 0.3) is 0 Å². The van der Waals surface area contributed by atoms with E-state index in [1.165, 1.54) is 0 Å². The first-order valence-corrected chi connectivity index (χ1v) is 7.41. The van der Waals surface area contributed by atoms with E-state index in [1.807, 2.05) is 6.07 Å². The van der Waals surface area contributed by atoms with Crippen molar-refractivity contribution in [3.8, 4) is 0 Å². The van der Waals surface area contributed by atoms with Gasteiger partial charge in [0.15, 0.2) is 0 Å².